The minimum atomic E-state index is -0.203. The highest BCUT2D eigenvalue weighted by Gasteiger charge is 2.33. The zero-order chi connectivity index (χ0) is 19.2. The first kappa shape index (κ1) is 19.2. The molecule has 2 aromatic rings. The van der Waals surface area contributed by atoms with Crippen LogP contribution in [0.3, 0.4) is 0 Å². The van der Waals surface area contributed by atoms with Crippen molar-refractivity contribution in [3.05, 3.63) is 60.1 Å². The fourth-order valence-electron chi connectivity index (χ4n) is 3.49. The number of amides is 2. The SMILES string of the molecule is CN(C)C(=O)C1CCCN1CC(=O)N(Cc1ccccc1)Cc1ccco1. The van der Waals surface area contributed by atoms with E-state index >= 15 is 0 Å². The zero-order valence-corrected chi connectivity index (χ0v) is 16.0. The van der Waals surface area contributed by atoms with E-state index in [-0.39, 0.29) is 24.4 Å². The van der Waals surface area contributed by atoms with Gasteiger partial charge in [-0.25, -0.2) is 0 Å². The number of benzene rings is 1. The van der Waals surface area contributed by atoms with E-state index in [1.54, 1.807) is 30.2 Å². The molecule has 0 N–H and O–H groups in total. The maximum atomic E-state index is 13.1. The first-order chi connectivity index (χ1) is 13.0. The number of carbonyl (C=O) groups is 2. The minimum absolute atomic E-state index is 0.00806. The van der Waals surface area contributed by atoms with E-state index in [4.69, 9.17) is 4.42 Å². The van der Waals surface area contributed by atoms with Crippen LogP contribution in [0.2, 0.25) is 0 Å². The molecule has 27 heavy (non-hydrogen) atoms. The number of hydrogen-bond acceptors (Lipinski definition) is 4. The van der Waals surface area contributed by atoms with Crippen LogP contribution in [-0.2, 0) is 22.7 Å². The van der Waals surface area contributed by atoms with Crippen LogP contribution >= 0.6 is 0 Å². The van der Waals surface area contributed by atoms with Gasteiger partial charge in [-0.2, -0.15) is 0 Å². The topological polar surface area (TPSA) is 57.0 Å². The number of furan rings is 1. The van der Waals surface area contributed by atoms with E-state index in [2.05, 4.69) is 0 Å². The van der Waals surface area contributed by atoms with Gasteiger partial charge in [0.05, 0.1) is 25.4 Å². The van der Waals surface area contributed by atoms with Crippen molar-refractivity contribution in [3.8, 4) is 0 Å². The van der Waals surface area contributed by atoms with E-state index in [1.165, 1.54) is 0 Å². The molecular formula is C21H27N3O3. The van der Waals surface area contributed by atoms with Gasteiger partial charge in [-0.15, -0.1) is 0 Å². The summed E-state index contributed by atoms with van der Waals surface area (Å²) in [5.41, 5.74) is 1.07. The number of likely N-dealkylation sites (tertiary alicyclic amines) is 1. The molecule has 1 aliphatic rings. The van der Waals surface area contributed by atoms with E-state index in [1.807, 2.05) is 47.4 Å². The van der Waals surface area contributed by atoms with Gasteiger partial charge in [0.1, 0.15) is 5.76 Å². The van der Waals surface area contributed by atoms with Crippen molar-refractivity contribution in [1.82, 2.24) is 14.7 Å². The molecule has 0 spiro atoms. The van der Waals surface area contributed by atoms with Crippen molar-refractivity contribution in [3.63, 3.8) is 0 Å². The van der Waals surface area contributed by atoms with Crippen LogP contribution in [0.5, 0.6) is 0 Å². The Morgan fingerprint density at radius 3 is 2.56 bits per heavy atom. The van der Waals surface area contributed by atoms with Gasteiger partial charge in [-0.1, -0.05) is 30.3 Å². The smallest absolute Gasteiger partial charge is 0.239 e. The first-order valence-corrected chi connectivity index (χ1v) is 9.34. The summed E-state index contributed by atoms with van der Waals surface area (Å²) in [6.07, 6.45) is 3.36. The average molecular weight is 369 g/mol. The molecule has 1 saturated heterocycles. The molecule has 2 amide bonds. The van der Waals surface area contributed by atoms with Gasteiger partial charge in [-0.3, -0.25) is 14.5 Å². The van der Waals surface area contributed by atoms with Crippen LogP contribution < -0.4 is 0 Å². The van der Waals surface area contributed by atoms with Gasteiger partial charge in [0.25, 0.3) is 0 Å². The number of nitrogens with zero attached hydrogens (tertiary/aromatic N) is 3. The molecule has 2 heterocycles. The number of likely N-dealkylation sites (N-methyl/N-ethyl adjacent to an activating group) is 1. The fraction of sp³-hybridized carbons (Fsp3) is 0.429. The molecule has 1 fully saturated rings. The second kappa shape index (κ2) is 8.86. The summed E-state index contributed by atoms with van der Waals surface area (Å²) >= 11 is 0. The van der Waals surface area contributed by atoms with Gasteiger partial charge < -0.3 is 14.2 Å². The number of rotatable bonds is 7. The summed E-state index contributed by atoms with van der Waals surface area (Å²) in [5.74, 6) is 0.830. The number of hydrogen-bond donors (Lipinski definition) is 0. The minimum Gasteiger partial charge on any atom is -0.467 e. The fourth-order valence-corrected chi connectivity index (χ4v) is 3.49. The Kier molecular flexibility index (Phi) is 6.29. The quantitative estimate of drug-likeness (QED) is 0.752. The van der Waals surface area contributed by atoms with Crippen LogP contribution in [0.1, 0.15) is 24.2 Å². The summed E-state index contributed by atoms with van der Waals surface area (Å²) in [6, 6.07) is 13.4. The standard InChI is InChI=1S/C21H27N3O3/c1-22(2)21(26)19-11-6-12-23(19)16-20(25)24(15-18-10-7-13-27-18)14-17-8-4-3-5-9-17/h3-5,7-10,13,19H,6,11-12,14-16H2,1-2H3. The summed E-state index contributed by atoms with van der Waals surface area (Å²) < 4.78 is 5.44. The van der Waals surface area contributed by atoms with Crippen LogP contribution in [0.15, 0.2) is 53.1 Å². The predicted octanol–water partition coefficient (Wildman–Crippen LogP) is 2.36. The average Bonchev–Trinajstić information content (AvgIpc) is 3.33. The molecule has 0 bridgehead atoms. The molecule has 144 valence electrons. The van der Waals surface area contributed by atoms with Crippen molar-refractivity contribution >= 4 is 11.8 Å². The van der Waals surface area contributed by atoms with Crippen LogP contribution in [0.4, 0.5) is 0 Å². The molecule has 0 aliphatic carbocycles. The highest BCUT2D eigenvalue weighted by atomic mass is 16.3. The van der Waals surface area contributed by atoms with Gasteiger partial charge in [-0.05, 0) is 37.1 Å². The lowest BCUT2D eigenvalue weighted by molar-refractivity contribution is -0.137. The highest BCUT2D eigenvalue weighted by Crippen LogP contribution is 2.20. The predicted molar refractivity (Wildman–Crippen MR) is 103 cm³/mol. The van der Waals surface area contributed by atoms with Crippen molar-refractivity contribution in [2.45, 2.75) is 32.0 Å². The molecule has 6 heteroatoms. The zero-order valence-electron chi connectivity index (χ0n) is 16.0. The molecular weight excluding hydrogens is 342 g/mol. The molecule has 1 aromatic heterocycles. The molecule has 1 aromatic carbocycles. The summed E-state index contributed by atoms with van der Waals surface area (Å²) in [6.45, 7) is 1.95. The Balaban J connectivity index is 1.71. The maximum Gasteiger partial charge on any atom is 0.239 e. The Bertz CT molecular complexity index is 743. The molecule has 1 unspecified atom stereocenters. The molecule has 3 rings (SSSR count). The Morgan fingerprint density at radius 2 is 1.89 bits per heavy atom. The molecule has 6 nitrogen and oxygen atoms in total. The van der Waals surface area contributed by atoms with Gasteiger partial charge >= 0.3 is 0 Å². The maximum absolute atomic E-state index is 13.1. The first-order valence-electron chi connectivity index (χ1n) is 9.34. The normalized spacial score (nSPS) is 17.0. The van der Waals surface area contributed by atoms with Gasteiger partial charge in [0, 0.05) is 20.6 Å². The van der Waals surface area contributed by atoms with Gasteiger partial charge in [0.2, 0.25) is 11.8 Å². The van der Waals surface area contributed by atoms with Gasteiger partial charge in [0.15, 0.2) is 0 Å². The molecule has 1 atom stereocenters. The highest BCUT2D eigenvalue weighted by molar-refractivity contribution is 5.83. The third kappa shape index (κ3) is 4.98. The lowest BCUT2D eigenvalue weighted by Crippen LogP contribution is -2.47. The van der Waals surface area contributed by atoms with Crippen molar-refractivity contribution in [2.75, 3.05) is 27.2 Å². The largest absolute Gasteiger partial charge is 0.467 e. The molecule has 0 saturated carbocycles. The van der Waals surface area contributed by atoms with E-state index < -0.39 is 0 Å². The van der Waals surface area contributed by atoms with Crippen LogP contribution in [0, 0.1) is 0 Å². The van der Waals surface area contributed by atoms with Crippen LogP contribution in [-0.4, -0.2) is 59.7 Å². The number of carbonyl (C=O) groups excluding carboxylic acids is 2. The van der Waals surface area contributed by atoms with Crippen LogP contribution in [0.25, 0.3) is 0 Å². The van der Waals surface area contributed by atoms with E-state index in [0.717, 1.165) is 30.7 Å². The van der Waals surface area contributed by atoms with Crippen molar-refractivity contribution in [2.24, 2.45) is 0 Å². The lowest BCUT2D eigenvalue weighted by atomic mass is 10.2. The summed E-state index contributed by atoms with van der Waals surface area (Å²) in [7, 11) is 3.53. The molecule has 1 aliphatic heterocycles. The Labute approximate surface area is 160 Å². The third-order valence-corrected chi connectivity index (χ3v) is 4.92. The second-order valence-corrected chi connectivity index (χ2v) is 7.18. The third-order valence-electron chi connectivity index (χ3n) is 4.92. The Hall–Kier alpha value is -2.60. The second-order valence-electron chi connectivity index (χ2n) is 7.18. The summed E-state index contributed by atoms with van der Waals surface area (Å²) in [4.78, 5) is 30.9. The van der Waals surface area contributed by atoms with E-state index in [9.17, 15) is 9.59 Å². The lowest BCUT2D eigenvalue weighted by Gasteiger charge is -2.29. The molecule has 0 radical (unpaired) electrons. The Morgan fingerprint density at radius 1 is 1.11 bits per heavy atom. The monoisotopic (exact) mass is 369 g/mol. The van der Waals surface area contributed by atoms with Crippen molar-refractivity contribution in [1.29, 1.82) is 0 Å². The van der Waals surface area contributed by atoms with Crippen molar-refractivity contribution < 1.29 is 14.0 Å². The summed E-state index contributed by atoms with van der Waals surface area (Å²) in [5, 5.41) is 0. The van der Waals surface area contributed by atoms with E-state index in [0.29, 0.717) is 13.1 Å².